The zero-order valence-corrected chi connectivity index (χ0v) is 14.6. The smallest absolute Gasteiger partial charge is 0.341 e. The lowest BCUT2D eigenvalue weighted by molar-refractivity contribution is 0.0601. The number of methoxy groups -OCH3 is 1. The summed E-state index contributed by atoms with van der Waals surface area (Å²) in [5.41, 5.74) is 10.9. The van der Waals surface area contributed by atoms with Crippen molar-refractivity contribution in [2.24, 2.45) is 5.73 Å². The van der Waals surface area contributed by atoms with E-state index in [9.17, 15) is 4.79 Å². The number of nitrogens with one attached hydrogen (secondary N) is 1. The maximum atomic E-state index is 12.2. The molecule has 5 nitrogen and oxygen atoms in total. The van der Waals surface area contributed by atoms with Crippen LogP contribution in [0, 0.1) is 0 Å². The molecule has 0 bridgehead atoms. The predicted molar refractivity (Wildman–Crippen MR) is 96.0 cm³/mol. The number of carbonyl (C=O) groups is 1. The second-order valence-corrected chi connectivity index (χ2v) is 6.88. The second-order valence-electron chi connectivity index (χ2n) is 6.88. The number of nitrogens with two attached hydrogens (primary N) is 1. The molecule has 3 rings (SSSR count). The van der Waals surface area contributed by atoms with E-state index in [4.69, 9.17) is 10.5 Å². The highest BCUT2D eigenvalue weighted by Gasteiger charge is 2.26. The van der Waals surface area contributed by atoms with Crippen LogP contribution in [0.2, 0.25) is 0 Å². The van der Waals surface area contributed by atoms with Gasteiger partial charge in [-0.15, -0.1) is 0 Å². The second kappa shape index (κ2) is 7.34. The predicted octanol–water partition coefficient (Wildman–Crippen LogP) is 3.29. The zero-order chi connectivity index (χ0) is 17.1. The summed E-state index contributed by atoms with van der Waals surface area (Å²) in [7, 11) is 1.41. The highest BCUT2D eigenvalue weighted by molar-refractivity contribution is 5.98. The fraction of sp³-hybridized carbons (Fsp3) is 0.579. The van der Waals surface area contributed by atoms with Gasteiger partial charge in [-0.2, -0.15) is 0 Å². The number of fused-ring (bicyclic) bond motifs is 1. The van der Waals surface area contributed by atoms with E-state index in [-0.39, 0.29) is 5.97 Å². The number of rotatable bonds is 5. The molecular weight excluding hydrogens is 302 g/mol. The third-order valence-corrected chi connectivity index (χ3v) is 5.04. The van der Waals surface area contributed by atoms with Crippen molar-refractivity contribution in [1.82, 2.24) is 4.98 Å². The van der Waals surface area contributed by atoms with E-state index in [1.807, 2.05) is 0 Å². The lowest BCUT2D eigenvalue weighted by atomic mass is 9.91. The lowest BCUT2D eigenvalue weighted by Gasteiger charge is -2.29. The van der Waals surface area contributed by atoms with Crippen molar-refractivity contribution in [3.8, 4) is 0 Å². The number of anilines is 1. The van der Waals surface area contributed by atoms with Crippen LogP contribution in [0.4, 0.5) is 5.69 Å². The van der Waals surface area contributed by atoms with Crippen molar-refractivity contribution in [2.75, 3.05) is 12.4 Å². The molecule has 3 N–H and O–H groups in total. The molecule has 0 aromatic carbocycles. The summed E-state index contributed by atoms with van der Waals surface area (Å²) in [4.78, 5) is 16.7. The summed E-state index contributed by atoms with van der Waals surface area (Å²) in [6.07, 6.45) is 11.0. The number of nitrogens with zero attached hydrogens (tertiary/aromatic N) is 1. The Kier molecular flexibility index (Phi) is 5.19. The Balaban J connectivity index is 1.92. The van der Waals surface area contributed by atoms with Crippen LogP contribution < -0.4 is 11.1 Å². The average Bonchev–Trinajstić information content (AvgIpc) is 3.00. The van der Waals surface area contributed by atoms with Gasteiger partial charge in [0.2, 0.25) is 0 Å². The number of ether oxygens (including phenoxy) is 1. The maximum absolute atomic E-state index is 12.2. The van der Waals surface area contributed by atoms with E-state index < -0.39 is 0 Å². The molecular formula is C19H27N3O2. The fourth-order valence-electron chi connectivity index (χ4n) is 3.70. The molecule has 0 amide bonds. The van der Waals surface area contributed by atoms with Crippen molar-refractivity contribution in [3.05, 3.63) is 28.6 Å². The number of allylic oxidation sites excluding steroid dienone is 1. The molecule has 130 valence electrons. The molecule has 5 heteroatoms. The molecule has 1 saturated carbocycles. The van der Waals surface area contributed by atoms with Crippen LogP contribution in [0.15, 0.2) is 11.8 Å². The number of hydrogen-bond acceptors (Lipinski definition) is 5. The number of hydrogen-bond donors (Lipinski definition) is 2. The van der Waals surface area contributed by atoms with E-state index in [2.05, 4.69) is 23.3 Å². The third kappa shape index (κ3) is 3.46. The van der Waals surface area contributed by atoms with Gasteiger partial charge >= 0.3 is 5.97 Å². The minimum Gasteiger partial charge on any atom is -0.465 e. The molecule has 1 aromatic heterocycles. The van der Waals surface area contributed by atoms with E-state index >= 15 is 0 Å². The van der Waals surface area contributed by atoms with Crippen LogP contribution in [0.1, 0.15) is 67.1 Å². The van der Waals surface area contributed by atoms with Crippen LogP contribution in [0.3, 0.4) is 0 Å². The van der Waals surface area contributed by atoms with Crippen LogP contribution in [0.5, 0.6) is 0 Å². The van der Waals surface area contributed by atoms with Crippen LogP contribution in [-0.4, -0.2) is 30.1 Å². The molecule has 0 atom stereocenters. The molecule has 0 saturated heterocycles. The van der Waals surface area contributed by atoms with Gasteiger partial charge in [0.1, 0.15) is 5.56 Å². The lowest BCUT2D eigenvalue weighted by Crippen LogP contribution is -2.33. The Morgan fingerprint density at radius 3 is 2.79 bits per heavy atom. The average molecular weight is 329 g/mol. The zero-order valence-electron chi connectivity index (χ0n) is 14.6. The van der Waals surface area contributed by atoms with Crippen molar-refractivity contribution >= 4 is 17.7 Å². The Morgan fingerprint density at radius 1 is 1.38 bits per heavy atom. The Bertz CT molecular complexity index is 646. The fourth-order valence-corrected chi connectivity index (χ4v) is 3.70. The summed E-state index contributed by atoms with van der Waals surface area (Å²) in [6.45, 7) is 2.18. The number of esters is 1. The molecule has 1 aromatic rings. The van der Waals surface area contributed by atoms with E-state index in [1.54, 1.807) is 6.20 Å². The summed E-state index contributed by atoms with van der Waals surface area (Å²) >= 11 is 0. The van der Waals surface area contributed by atoms with Gasteiger partial charge in [-0.3, -0.25) is 4.98 Å². The molecule has 0 spiro atoms. The van der Waals surface area contributed by atoms with Gasteiger partial charge in [-0.1, -0.05) is 25.0 Å². The molecule has 0 aliphatic heterocycles. The van der Waals surface area contributed by atoms with Gasteiger partial charge in [-0.25, -0.2) is 4.79 Å². The first-order valence-electron chi connectivity index (χ1n) is 8.94. The van der Waals surface area contributed by atoms with Crippen molar-refractivity contribution in [3.63, 3.8) is 0 Å². The van der Waals surface area contributed by atoms with Gasteiger partial charge in [0.15, 0.2) is 0 Å². The van der Waals surface area contributed by atoms with Gasteiger partial charge < -0.3 is 15.8 Å². The molecule has 0 radical (unpaired) electrons. The molecule has 24 heavy (non-hydrogen) atoms. The van der Waals surface area contributed by atoms with Gasteiger partial charge in [0.25, 0.3) is 0 Å². The van der Waals surface area contributed by atoms with Crippen LogP contribution in [-0.2, 0) is 11.2 Å². The Labute approximate surface area is 143 Å². The number of aromatic nitrogens is 1. The molecule has 1 heterocycles. The normalized spacial score (nSPS) is 22.7. The van der Waals surface area contributed by atoms with Crippen LogP contribution >= 0.6 is 0 Å². The molecule has 1 fully saturated rings. The van der Waals surface area contributed by atoms with Crippen molar-refractivity contribution in [1.29, 1.82) is 0 Å². The largest absolute Gasteiger partial charge is 0.465 e. The van der Waals surface area contributed by atoms with Crippen molar-refractivity contribution < 1.29 is 9.53 Å². The minimum absolute atomic E-state index is 0.308. The van der Waals surface area contributed by atoms with Crippen molar-refractivity contribution in [2.45, 2.75) is 64.0 Å². The summed E-state index contributed by atoms with van der Waals surface area (Å²) in [5.74, 6) is -0.336. The first-order valence-corrected chi connectivity index (χ1v) is 8.94. The number of pyridine rings is 1. The molecule has 2 aliphatic carbocycles. The standard InChI is InChI=1S/C19H27N3O2/c1-3-4-12-9-15-17(10-12)21-11-16(19(23)24-2)18(15)22-14-7-5-13(20)6-8-14/h9,11,13-14H,3-8,10,20H2,1-2H3,(H,21,22). The van der Waals surface area contributed by atoms with E-state index in [0.29, 0.717) is 17.6 Å². The highest BCUT2D eigenvalue weighted by atomic mass is 16.5. The SMILES string of the molecule is CCCC1=Cc2c(ncc(C(=O)OC)c2NC2CCC(N)CC2)C1. The van der Waals surface area contributed by atoms with E-state index in [1.165, 1.54) is 12.7 Å². The monoisotopic (exact) mass is 329 g/mol. The van der Waals surface area contributed by atoms with Gasteiger partial charge in [0.05, 0.1) is 18.5 Å². The Morgan fingerprint density at radius 2 is 2.12 bits per heavy atom. The topological polar surface area (TPSA) is 77.2 Å². The summed E-state index contributed by atoms with van der Waals surface area (Å²) in [6, 6.07) is 0.658. The van der Waals surface area contributed by atoms with Crippen LogP contribution in [0.25, 0.3) is 6.08 Å². The summed E-state index contributed by atoms with van der Waals surface area (Å²) < 4.78 is 4.96. The molecule has 2 aliphatic rings. The summed E-state index contributed by atoms with van der Waals surface area (Å²) in [5, 5.41) is 3.61. The van der Waals surface area contributed by atoms with E-state index in [0.717, 1.165) is 61.9 Å². The number of carbonyl (C=O) groups excluding carboxylic acids is 1. The first kappa shape index (κ1) is 17.0. The third-order valence-electron chi connectivity index (χ3n) is 5.04. The van der Waals surface area contributed by atoms with Gasteiger partial charge in [-0.05, 0) is 32.1 Å². The molecule has 0 unspecified atom stereocenters. The maximum Gasteiger partial charge on any atom is 0.341 e. The Hall–Kier alpha value is -1.88. The van der Waals surface area contributed by atoms with Gasteiger partial charge in [0, 0.05) is 30.3 Å². The quantitative estimate of drug-likeness (QED) is 0.811. The first-order chi connectivity index (χ1) is 11.6. The highest BCUT2D eigenvalue weighted by Crippen LogP contribution is 2.35. The minimum atomic E-state index is -0.336.